The van der Waals surface area contributed by atoms with Gasteiger partial charge in [0.05, 0.1) is 0 Å². The van der Waals surface area contributed by atoms with E-state index in [1.54, 1.807) is 6.92 Å². The molecule has 0 aliphatic heterocycles. The molecule has 0 aliphatic rings. The Hall–Kier alpha value is -0.246. The molecular formula is C9H16F3N2Ni-. The molecular weight excluding hydrogens is 252 g/mol. The van der Waals surface area contributed by atoms with Crippen LogP contribution in [0, 0.1) is 0 Å². The summed E-state index contributed by atoms with van der Waals surface area (Å²) in [5.41, 5.74) is -0.375. The summed E-state index contributed by atoms with van der Waals surface area (Å²) in [6, 6.07) is 0. The van der Waals surface area contributed by atoms with Crippen molar-refractivity contribution in [2.24, 2.45) is 4.99 Å². The topological polar surface area (TPSA) is 26.5 Å². The third-order valence-electron chi connectivity index (χ3n) is 1.22. The maximum atomic E-state index is 11.8. The molecule has 2 nitrogen and oxygen atoms in total. The minimum absolute atomic E-state index is 0. The molecule has 0 rings (SSSR count). The molecule has 0 N–H and O–H groups in total. The number of amidine groups is 1. The molecule has 0 amide bonds. The van der Waals surface area contributed by atoms with Gasteiger partial charge in [-0.25, -0.2) is 0 Å². The van der Waals surface area contributed by atoms with Crippen molar-refractivity contribution in [3.63, 3.8) is 0 Å². The van der Waals surface area contributed by atoms with Gasteiger partial charge in [-0.1, -0.05) is 33.5 Å². The normalized spacial score (nSPS) is 13.4. The van der Waals surface area contributed by atoms with Gasteiger partial charge < -0.3 is 10.3 Å². The zero-order valence-electron chi connectivity index (χ0n) is 9.26. The van der Waals surface area contributed by atoms with E-state index in [-0.39, 0.29) is 27.9 Å². The number of rotatable bonds is 2. The van der Waals surface area contributed by atoms with Crippen molar-refractivity contribution in [2.45, 2.75) is 45.8 Å². The molecule has 0 aromatic rings. The first-order chi connectivity index (χ1) is 6.14. The van der Waals surface area contributed by atoms with Gasteiger partial charge in [0.1, 0.15) is 0 Å². The van der Waals surface area contributed by atoms with E-state index in [4.69, 9.17) is 0 Å². The minimum Gasteiger partial charge on any atom is -0.463 e. The summed E-state index contributed by atoms with van der Waals surface area (Å²) >= 11 is 0. The Bertz CT molecular complexity index is 206. The second kappa shape index (κ2) is 6.36. The van der Waals surface area contributed by atoms with Gasteiger partial charge in [0.2, 0.25) is 0 Å². The second-order valence-electron chi connectivity index (χ2n) is 3.98. The second-order valence-corrected chi connectivity index (χ2v) is 3.98. The maximum absolute atomic E-state index is 11.8. The van der Waals surface area contributed by atoms with Crippen LogP contribution in [0.2, 0.25) is 0 Å². The Morgan fingerprint density at radius 1 is 1.20 bits per heavy atom. The summed E-state index contributed by atoms with van der Waals surface area (Å²) in [4.78, 5) is 4.08. The summed E-state index contributed by atoms with van der Waals surface area (Å²) in [7, 11) is 0. The molecule has 0 aliphatic carbocycles. The van der Waals surface area contributed by atoms with Gasteiger partial charge in [-0.2, -0.15) is 13.2 Å². The molecule has 0 saturated heterocycles. The smallest absolute Gasteiger partial charge is 0.388 e. The van der Waals surface area contributed by atoms with Gasteiger partial charge in [-0.15, -0.1) is 0 Å². The number of nitrogens with zero attached hydrogens (tertiary/aromatic N) is 2. The number of aliphatic imine (C=N–C) groups is 1. The summed E-state index contributed by atoms with van der Waals surface area (Å²) in [6.45, 7) is 6.07. The van der Waals surface area contributed by atoms with E-state index in [2.05, 4.69) is 10.3 Å². The standard InChI is InChI=1S/C9H16F3N2.Ni/c1-5-7(14-8(2,3)4)13-6-9(10,11)12;/h5-6H2,1-4H3;/q-1;. The molecule has 15 heavy (non-hydrogen) atoms. The van der Waals surface area contributed by atoms with Gasteiger partial charge in [0.25, 0.3) is 0 Å². The summed E-state index contributed by atoms with van der Waals surface area (Å²) < 4.78 is 35.5. The third-order valence-corrected chi connectivity index (χ3v) is 1.22. The maximum Gasteiger partial charge on any atom is 0.388 e. The van der Waals surface area contributed by atoms with Gasteiger partial charge in [0.15, 0.2) is 0 Å². The fraction of sp³-hybridized carbons (Fsp3) is 0.889. The molecule has 0 spiro atoms. The Labute approximate surface area is 98.6 Å². The van der Waals surface area contributed by atoms with Crippen LogP contribution in [0.5, 0.6) is 0 Å². The predicted molar refractivity (Wildman–Crippen MR) is 51.8 cm³/mol. The molecule has 0 aromatic carbocycles. The van der Waals surface area contributed by atoms with Crippen LogP contribution in [0.15, 0.2) is 4.99 Å². The SMILES string of the molecule is CCC(=NC(C)(C)C)[N-]CC(F)(F)F.[Ni]. The molecule has 0 bridgehead atoms. The van der Waals surface area contributed by atoms with Crippen LogP contribution in [-0.4, -0.2) is 24.1 Å². The molecule has 0 heterocycles. The van der Waals surface area contributed by atoms with Crippen molar-refractivity contribution >= 4 is 5.84 Å². The Kier molecular flexibility index (Phi) is 7.28. The minimum atomic E-state index is -4.24. The molecule has 0 saturated carbocycles. The molecule has 0 unspecified atom stereocenters. The molecule has 94 valence electrons. The van der Waals surface area contributed by atoms with Crippen molar-refractivity contribution in [2.75, 3.05) is 6.54 Å². The summed E-state index contributed by atoms with van der Waals surface area (Å²) in [6.07, 6.45) is -3.82. The van der Waals surface area contributed by atoms with E-state index in [1.165, 1.54) is 0 Å². The van der Waals surface area contributed by atoms with Crippen LogP contribution in [0.4, 0.5) is 13.2 Å². The number of hydrogen-bond donors (Lipinski definition) is 0. The first-order valence-electron chi connectivity index (χ1n) is 4.47. The quantitative estimate of drug-likeness (QED) is 0.416. The molecule has 0 atom stereocenters. The molecule has 0 aromatic heterocycles. The number of hydrogen-bond acceptors (Lipinski definition) is 1. The van der Waals surface area contributed by atoms with Crippen LogP contribution < -0.4 is 0 Å². The van der Waals surface area contributed by atoms with E-state index in [1.807, 2.05) is 20.8 Å². The van der Waals surface area contributed by atoms with Gasteiger partial charge in [-0.05, 0) is 12.0 Å². The first kappa shape index (κ1) is 17.2. The predicted octanol–water partition coefficient (Wildman–Crippen LogP) is 3.53. The number of halogens is 3. The fourth-order valence-corrected chi connectivity index (χ4v) is 0.794. The van der Waals surface area contributed by atoms with E-state index in [9.17, 15) is 13.2 Å². The van der Waals surface area contributed by atoms with E-state index < -0.39 is 12.7 Å². The van der Waals surface area contributed by atoms with Crippen LogP contribution in [0.25, 0.3) is 5.32 Å². The molecule has 0 fully saturated rings. The van der Waals surface area contributed by atoms with Crippen molar-refractivity contribution in [1.82, 2.24) is 0 Å². The Balaban J connectivity index is 0. The van der Waals surface area contributed by atoms with E-state index in [0.717, 1.165) is 0 Å². The summed E-state index contributed by atoms with van der Waals surface area (Å²) in [5, 5.41) is 3.42. The Morgan fingerprint density at radius 2 is 1.67 bits per heavy atom. The van der Waals surface area contributed by atoms with Gasteiger partial charge in [-0.3, -0.25) is 0 Å². The molecule has 0 radical (unpaired) electrons. The monoisotopic (exact) mass is 267 g/mol. The first-order valence-corrected chi connectivity index (χ1v) is 4.47. The van der Waals surface area contributed by atoms with E-state index in [0.29, 0.717) is 6.42 Å². The van der Waals surface area contributed by atoms with Crippen molar-refractivity contribution < 1.29 is 29.7 Å². The van der Waals surface area contributed by atoms with Crippen LogP contribution in [-0.2, 0) is 16.5 Å². The van der Waals surface area contributed by atoms with Crippen molar-refractivity contribution in [3.8, 4) is 0 Å². The van der Waals surface area contributed by atoms with Crippen LogP contribution in [0.1, 0.15) is 34.1 Å². The average Bonchev–Trinajstić information content (AvgIpc) is 1.94. The molecule has 6 heteroatoms. The van der Waals surface area contributed by atoms with Gasteiger partial charge in [0, 0.05) is 23.0 Å². The average molecular weight is 268 g/mol. The summed E-state index contributed by atoms with van der Waals surface area (Å²) in [5.74, 6) is 0.273. The fourth-order valence-electron chi connectivity index (χ4n) is 0.794. The van der Waals surface area contributed by atoms with Crippen LogP contribution >= 0.6 is 0 Å². The van der Waals surface area contributed by atoms with Gasteiger partial charge >= 0.3 is 6.18 Å². The third kappa shape index (κ3) is 11.7. The van der Waals surface area contributed by atoms with Crippen molar-refractivity contribution in [1.29, 1.82) is 0 Å². The zero-order valence-corrected chi connectivity index (χ0v) is 10.2. The van der Waals surface area contributed by atoms with Crippen LogP contribution in [0.3, 0.4) is 0 Å². The zero-order chi connectivity index (χ0) is 11.4. The number of alkyl halides is 3. The largest absolute Gasteiger partial charge is 0.463 e. The Morgan fingerprint density at radius 3 is 1.93 bits per heavy atom. The van der Waals surface area contributed by atoms with Crippen molar-refractivity contribution in [3.05, 3.63) is 5.32 Å². The van der Waals surface area contributed by atoms with E-state index >= 15 is 0 Å².